The summed E-state index contributed by atoms with van der Waals surface area (Å²) in [5.41, 5.74) is 6.53. The molecule has 1 atom stereocenters. The lowest BCUT2D eigenvalue weighted by Crippen LogP contribution is -2.34. The van der Waals surface area contributed by atoms with E-state index in [2.05, 4.69) is 25.3 Å². The Morgan fingerprint density at radius 3 is 2.50 bits per heavy atom. The first-order valence-corrected chi connectivity index (χ1v) is 12.2. The van der Waals surface area contributed by atoms with Crippen LogP contribution in [0.1, 0.15) is 34.3 Å². The first-order chi connectivity index (χ1) is 19.2. The zero-order valence-electron chi connectivity index (χ0n) is 22.0. The smallest absolute Gasteiger partial charge is 0.405 e. The van der Waals surface area contributed by atoms with E-state index in [4.69, 9.17) is 19.3 Å². The number of nitrogens with two attached hydrogens (primary N) is 1. The predicted molar refractivity (Wildman–Crippen MR) is 140 cm³/mol. The molecule has 1 aromatic carbocycles. The van der Waals surface area contributed by atoms with Crippen LogP contribution in [0.4, 0.5) is 4.79 Å². The highest BCUT2D eigenvalue weighted by Crippen LogP contribution is 2.32. The van der Waals surface area contributed by atoms with E-state index in [1.54, 1.807) is 42.9 Å². The second-order valence-corrected chi connectivity index (χ2v) is 9.37. The third-order valence-corrected chi connectivity index (χ3v) is 6.06. The molecule has 0 aliphatic carbocycles. The van der Waals surface area contributed by atoms with E-state index in [0.29, 0.717) is 17.8 Å². The van der Waals surface area contributed by atoms with E-state index >= 15 is 0 Å². The van der Waals surface area contributed by atoms with Crippen molar-refractivity contribution in [2.45, 2.75) is 25.5 Å². The zero-order chi connectivity index (χ0) is 28.3. The second-order valence-electron chi connectivity index (χ2n) is 9.37. The maximum atomic E-state index is 13.4. The molecule has 13 nitrogen and oxygen atoms in total. The number of hydrogen-bond acceptors (Lipinski definition) is 10. The first-order valence-electron chi connectivity index (χ1n) is 12.2. The van der Waals surface area contributed by atoms with E-state index in [-0.39, 0.29) is 35.7 Å². The summed E-state index contributed by atoms with van der Waals surface area (Å²) in [6.07, 6.45) is 5.64. The molecule has 0 aliphatic rings. The Labute approximate surface area is 228 Å². The summed E-state index contributed by atoms with van der Waals surface area (Å²) in [5.74, 6) is -0.0719. The van der Waals surface area contributed by atoms with Crippen LogP contribution in [0.2, 0.25) is 0 Å². The van der Waals surface area contributed by atoms with Gasteiger partial charge < -0.3 is 24.2 Å². The van der Waals surface area contributed by atoms with Crippen molar-refractivity contribution < 1.29 is 23.2 Å². The Bertz CT molecular complexity index is 1630. The Kier molecular flexibility index (Phi) is 7.10. The highest BCUT2D eigenvalue weighted by molar-refractivity contribution is 5.95. The topological polar surface area (TPSA) is 168 Å². The first kappa shape index (κ1) is 26.3. The molecule has 4 aromatic heterocycles. The van der Waals surface area contributed by atoms with Crippen molar-refractivity contribution in [3.8, 4) is 23.2 Å². The van der Waals surface area contributed by atoms with Crippen molar-refractivity contribution in [3.05, 3.63) is 89.9 Å². The lowest BCUT2D eigenvalue weighted by atomic mass is 9.96. The number of ether oxygens (including phenoxy) is 1. The summed E-state index contributed by atoms with van der Waals surface area (Å²) in [5, 5.41) is 12.4. The number of oxazole rings is 1. The number of aromatic nitrogens is 6. The molecule has 0 bridgehead atoms. The van der Waals surface area contributed by atoms with E-state index in [1.807, 2.05) is 36.5 Å². The molecule has 204 valence electrons. The largest absolute Gasteiger partial charge is 0.443 e. The average Bonchev–Trinajstić information content (AvgIpc) is 3.71. The molecule has 0 unspecified atom stereocenters. The van der Waals surface area contributed by atoms with Gasteiger partial charge in [-0.15, -0.1) is 10.2 Å². The number of nitrogens with zero attached hydrogens (tertiary/aromatic N) is 7. The third-order valence-electron chi connectivity index (χ3n) is 6.06. The normalized spacial score (nSPS) is 12.6. The SMILES string of the molecule is CN(Cc1cnn(C)c1)C(=O)c1cc(-c2ncco2)nc(-c2nnc([C@@](C)(Cc3ccccc3)OC(N)=O)o2)c1. The molecule has 13 heteroatoms. The van der Waals surface area contributed by atoms with Crippen molar-refractivity contribution in [3.63, 3.8) is 0 Å². The predicted octanol–water partition coefficient (Wildman–Crippen LogP) is 3.35. The fraction of sp³-hybridized carbons (Fsp3) is 0.222. The molecular formula is C27H26N8O5. The number of aryl methyl sites for hydroxylation is 1. The van der Waals surface area contributed by atoms with Gasteiger partial charge in [0.1, 0.15) is 17.7 Å². The minimum absolute atomic E-state index is 0.000254. The fourth-order valence-corrected chi connectivity index (χ4v) is 4.25. The molecular weight excluding hydrogens is 516 g/mol. The summed E-state index contributed by atoms with van der Waals surface area (Å²) >= 11 is 0. The molecule has 40 heavy (non-hydrogen) atoms. The average molecular weight is 543 g/mol. The Balaban J connectivity index is 1.50. The number of benzene rings is 1. The van der Waals surface area contributed by atoms with Crippen LogP contribution in [0.5, 0.6) is 0 Å². The minimum Gasteiger partial charge on any atom is -0.443 e. The molecule has 5 rings (SSSR count). The van der Waals surface area contributed by atoms with Crippen LogP contribution in [0.25, 0.3) is 23.2 Å². The summed E-state index contributed by atoms with van der Waals surface area (Å²) in [6.45, 7) is 1.96. The molecule has 0 fully saturated rings. The highest BCUT2D eigenvalue weighted by Gasteiger charge is 2.37. The lowest BCUT2D eigenvalue weighted by molar-refractivity contribution is 0.00732. The molecule has 5 aromatic rings. The van der Waals surface area contributed by atoms with Gasteiger partial charge in [-0.1, -0.05) is 30.3 Å². The van der Waals surface area contributed by atoms with Crippen molar-refractivity contribution in [2.24, 2.45) is 12.8 Å². The van der Waals surface area contributed by atoms with Gasteiger partial charge in [-0.05, 0) is 24.6 Å². The number of amides is 2. The van der Waals surface area contributed by atoms with Gasteiger partial charge in [-0.2, -0.15) is 5.10 Å². The molecule has 4 heterocycles. The van der Waals surface area contributed by atoms with Crippen LogP contribution in [0.3, 0.4) is 0 Å². The number of rotatable bonds is 9. The van der Waals surface area contributed by atoms with Gasteiger partial charge in [0.05, 0.1) is 12.4 Å². The molecule has 2 N–H and O–H groups in total. The molecule has 0 aliphatic heterocycles. The van der Waals surface area contributed by atoms with Gasteiger partial charge in [0.2, 0.25) is 5.89 Å². The van der Waals surface area contributed by atoms with Crippen LogP contribution in [-0.4, -0.2) is 53.9 Å². The molecule has 0 saturated carbocycles. The van der Waals surface area contributed by atoms with E-state index in [9.17, 15) is 9.59 Å². The van der Waals surface area contributed by atoms with Crippen molar-refractivity contribution in [2.75, 3.05) is 7.05 Å². The molecule has 0 spiro atoms. The van der Waals surface area contributed by atoms with Crippen molar-refractivity contribution >= 4 is 12.0 Å². The number of carbonyl (C=O) groups is 2. The Morgan fingerprint density at radius 2 is 1.85 bits per heavy atom. The van der Waals surface area contributed by atoms with E-state index in [0.717, 1.165) is 11.1 Å². The van der Waals surface area contributed by atoms with Gasteiger partial charge in [0.15, 0.2) is 5.60 Å². The van der Waals surface area contributed by atoms with Crippen molar-refractivity contribution in [1.82, 2.24) is 34.8 Å². The van der Waals surface area contributed by atoms with Crippen LogP contribution in [0, 0.1) is 0 Å². The summed E-state index contributed by atoms with van der Waals surface area (Å²) in [6, 6.07) is 12.5. The molecule has 0 saturated heterocycles. The van der Waals surface area contributed by atoms with Crippen LogP contribution < -0.4 is 5.73 Å². The standard InChI is InChI=1S/C27H26N8O5/c1-27(40-26(28)37,13-17-7-5-4-6-8-17)25-33-32-23(39-25)21-12-19(11-20(31-21)22-29-9-10-38-22)24(36)34(2)15-18-14-30-35(3)16-18/h4-12,14,16H,13,15H2,1-3H3,(H2,28,37)/t27-/m1/s1. The quantitative estimate of drug-likeness (QED) is 0.291. The van der Waals surface area contributed by atoms with Gasteiger partial charge >= 0.3 is 6.09 Å². The van der Waals surface area contributed by atoms with Gasteiger partial charge in [-0.3, -0.25) is 9.48 Å². The van der Waals surface area contributed by atoms with Crippen molar-refractivity contribution in [1.29, 1.82) is 0 Å². The van der Waals surface area contributed by atoms with Gasteiger partial charge in [0.25, 0.3) is 17.7 Å². The maximum absolute atomic E-state index is 13.4. The van der Waals surface area contributed by atoms with Gasteiger partial charge in [-0.25, -0.2) is 14.8 Å². The Morgan fingerprint density at radius 1 is 1.10 bits per heavy atom. The third kappa shape index (κ3) is 5.72. The molecule has 0 radical (unpaired) electrons. The van der Waals surface area contributed by atoms with Crippen LogP contribution >= 0.6 is 0 Å². The number of hydrogen-bond donors (Lipinski definition) is 1. The van der Waals surface area contributed by atoms with E-state index in [1.165, 1.54) is 18.5 Å². The Hall–Kier alpha value is -5.33. The summed E-state index contributed by atoms with van der Waals surface area (Å²) < 4.78 is 18.5. The van der Waals surface area contributed by atoms with Gasteiger partial charge in [0, 0.05) is 44.4 Å². The highest BCUT2D eigenvalue weighted by atomic mass is 16.6. The molecule has 2 amide bonds. The zero-order valence-corrected chi connectivity index (χ0v) is 22.0. The number of pyridine rings is 1. The lowest BCUT2D eigenvalue weighted by Gasteiger charge is -2.25. The minimum atomic E-state index is -1.36. The summed E-state index contributed by atoms with van der Waals surface area (Å²) in [4.78, 5) is 35.5. The number of primary amides is 1. The number of carbonyl (C=O) groups excluding carboxylic acids is 2. The van der Waals surface area contributed by atoms with Crippen LogP contribution in [0.15, 0.2) is 76.2 Å². The monoisotopic (exact) mass is 542 g/mol. The van der Waals surface area contributed by atoms with E-state index < -0.39 is 11.7 Å². The maximum Gasteiger partial charge on any atom is 0.405 e. The summed E-state index contributed by atoms with van der Waals surface area (Å²) in [7, 11) is 3.49. The fourth-order valence-electron chi connectivity index (χ4n) is 4.25. The van der Waals surface area contributed by atoms with Crippen LogP contribution in [-0.2, 0) is 30.4 Å². The second kappa shape index (κ2) is 10.8.